The topological polar surface area (TPSA) is 41.0 Å². The van der Waals surface area contributed by atoms with Gasteiger partial charge in [-0.25, -0.2) is 18.7 Å². The molecule has 0 atom stereocenters. The van der Waals surface area contributed by atoms with Gasteiger partial charge in [0.25, 0.3) is 6.43 Å². The fourth-order valence-electron chi connectivity index (χ4n) is 2.79. The van der Waals surface area contributed by atoms with E-state index in [4.69, 9.17) is 0 Å². The van der Waals surface area contributed by atoms with Crippen LogP contribution in [0.1, 0.15) is 24.2 Å². The minimum absolute atomic E-state index is 0.439. The zero-order chi connectivity index (χ0) is 18.5. The Morgan fingerprint density at radius 3 is 2.42 bits per heavy atom. The van der Waals surface area contributed by atoms with Gasteiger partial charge >= 0.3 is 0 Å². The normalized spacial score (nSPS) is 11.1. The summed E-state index contributed by atoms with van der Waals surface area (Å²) in [6, 6.07) is 15.6. The molecule has 26 heavy (non-hydrogen) atoms. The molecule has 0 saturated heterocycles. The van der Waals surface area contributed by atoms with Gasteiger partial charge in [0.1, 0.15) is 5.82 Å². The van der Waals surface area contributed by atoms with Gasteiger partial charge < -0.3 is 10.2 Å². The van der Waals surface area contributed by atoms with Gasteiger partial charge in [0, 0.05) is 31.7 Å². The second-order valence-corrected chi connectivity index (χ2v) is 6.34. The van der Waals surface area contributed by atoms with Crippen molar-refractivity contribution >= 4 is 22.4 Å². The molecular formula is C20H22F2N4. The van der Waals surface area contributed by atoms with E-state index in [-0.39, 0.29) is 0 Å². The van der Waals surface area contributed by atoms with Crippen molar-refractivity contribution in [3.8, 4) is 0 Å². The van der Waals surface area contributed by atoms with E-state index in [0.717, 1.165) is 18.2 Å². The molecule has 0 bridgehead atoms. The Morgan fingerprint density at radius 2 is 1.73 bits per heavy atom. The number of benzene rings is 2. The minimum atomic E-state index is -2.68. The van der Waals surface area contributed by atoms with Crippen LogP contribution in [0.2, 0.25) is 0 Å². The second kappa shape index (κ2) is 8.08. The number of rotatable bonds is 7. The van der Waals surface area contributed by atoms with Crippen molar-refractivity contribution < 1.29 is 8.78 Å². The molecule has 136 valence electrons. The molecule has 1 heterocycles. The van der Waals surface area contributed by atoms with Crippen LogP contribution in [0.4, 0.5) is 20.3 Å². The second-order valence-electron chi connectivity index (χ2n) is 6.34. The number of anilines is 2. The maximum atomic E-state index is 13.0. The first-order chi connectivity index (χ1) is 12.5. The molecule has 0 radical (unpaired) electrons. The number of para-hydroxylation sites is 1. The molecular weight excluding hydrogens is 334 g/mol. The van der Waals surface area contributed by atoms with Gasteiger partial charge in [0.05, 0.1) is 5.52 Å². The van der Waals surface area contributed by atoms with Crippen LogP contribution in [0.5, 0.6) is 0 Å². The molecule has 2 aromatic carbocycles. The summed E-state index contributed by atoms with van der Waals surface area (Å²) in [6.45, 7) is 0.652. The van der Waals surface area contributed by atoms with Crippen molar-refractivity contribution in [3.05, 3.63) is 59.9 Å². The molecule has 3 aromatic rings. The summed E-state index contributed by atoms with van der Waals surface area (Å²) < 4.78 is 26.0. The Morgan fingerprint density at radius 1 is 1.00 bits per heavy atom. The van der Waals surface area contributed by atoms with Gasteiger partial charge in [0.15, 0.2) is 5.82 Å². The highest BCUT2D eigenvalue weighted by Gasteiger charge is 2.14. The van der Waals surface area contributed by atoms with Crippen molar-refractivity contribution in [1.29, 1.82) is 0 Å². The van der Waals surface area contributed by atoms with Crippen molar-refractivity contribution in [2.75, 3.05) is 30.9 Å². The number of halogens is 2. The molecule has 0 unspecified atom stereocenters. The third-order valence-electron chi connectivity index (χ3n) is 4.20. The predicted octanol–water partition coefficient (Wildman–Crippen LogP) is 4.68. The quantitative estimate of drug-likeness (QED) is 0.624. The predicted molar refractivity (Wildman–Crippen MR) is 102 cm³/mol. The number of fused-ring (bicyclic) bond motifs is 1. The molecule has 0 saturated carbocycles. The highest BCUT2D eigenvalue weighted by Crippen LogP contribution is 2.24. The van der Waals surface area contributed by atoms with Crippen LogP contribution in [-0.4, -0.2) is 30.6 Å². The first kappa shape index (κ1) is 18.0. The van der Waals surface area contributed by atoms with Crippen molar-refractivity contribution in [3.63, 3.8) is 0 Å². The Labute approximate surface area is 151 Å². The molecule has 1 N–H and O–H groups in total. The molecule has 0 aliphatic heterocycles. The van der Waals surface area contributed by atoms with Gasteiger partial charge in [-0.1, -0.05) is 24.3 Å². The SMILES string of the molecule is CN(C)c1ccc(CCCNc2nc(C(F)F)nc3ccccc23)cc1. The molecule has 0 amide bonds. The van der Waals surface area contributed by atoms with E-state index in [9.17, 15) is 8.78 Å². The van der Waals surface area contributed by atoms with Gasteiger partial charge in [-0.2, -0.15) is 0 Å². The summed E-state index contributed by atoms with van der Waals surface area (Å²) in [7, 11) is 4.03. The van der Waals surface area contributed by atoms with E-state index in [1.54, 1.807) is 12.1 Å². The fraction of sp³-hybridized carbons (Fsp3) is 0.300. The Bertz CT molecular complexity index is 863. The van der Waals surface area contributed by atoms with E-state index >= 15 is 0 Å². The van der Waals surface area contributed by atoms with Crippen LogP contribution in [0.15, 0.2) is 48.5 Å². The maximum Gasteiger partial charge on any atom is 0.297 e. The lowest BCUT2D eigenvalue weighted by Gasteiger charge is -2.13. The largest absolute Gasteiger partial charge is 0.378 e. The summed E-state index contributed by atoms with van der Waals surface area (Å²) in [5, 5.41) is 3.95. The summed E-state index contributed by atoms with van der Waals surface area (Å²) in [6.07, 6.45) is -0.898. The number of aromatic nitrogens is 2. The van der Waals surface area contributed by atoms with Gasteiger partial charge in [-0.15, -0.1) is 0 Å². The first-order valence-electron chi connectivity index (χ1n) is 8.59. The van der Waals surface area contributed by atoms with Crippen molar-refractivity contribution in [2.24, 2.45) is 0 Å². The monoisotopic (exact) mass is 356 g/mol. The van der Waals surface area contributed by atoms with Crippen molar-refractivity contribution in [2.45, 2.75) is 19.3 Å². The number of nitrogens with zero attached hydrogens (tertiary/aromatic N) is 3. The molecule has 0 aliphatic carbocycles. The van der Waals surface area contributed by atoms with Gasteiger partial charge in [0.2, 0.25) is 0 Å². The smallest absolute Gasteiger partial charge is 0.297 e. The molecule has 1 aromatic heterocycles. The van der Waals surface area contributed by atoms with Crippen LogP contribution in [0, 0.1) is 0 Å². The number of hydrogen-bond donors (Lipinski definition) is 1. The summed E-state index contributed by atoms with van der Waals surface area (Å²) in [4.78, 5) is 9.99. The maximum absolute atomic E-state index is 13.0. The highest BCUT2D eigenvalue weighted by atomic mass is 19.3. The number of aryl methyl sites for hydroxylation is 1. The van der Waals surface area contributed by atoms with Crippen LogP contribution in [-0.2, 0) is 6.42 Å². The summed E-state index contributed by atoms with van der Waals surface area (Å²) in [5.74, 6) is 0.0272. The van der Waals surface area contributed by atoms with E-state index in [0.29, 0.717) is 17.9 Å². The van der Waals surface area contributed by atoms with Gasteiger partial charge in [-0.3, -0.25) is 0 Å². The fourth-order valence-corrected chi connectivity index (χ4v) is 2.79. The third-order valence-corrected chi connectivity index (χ3v) is 4.20. The van der Waals surface area contributed by atoms with E-state index in [1.807, 2.05) is 26.2 Å². The lowest BCUT2D eigenvalue weighted by atomic mass is 10.1. The van der Waals surface area contributed by atoms with E-state index < -0.39 is 12.2 Å². The zero-order valence-electron chi connectivity index (χ0n) is 14.9. The molecule has 0 spiro atoms. The molecule has 6 heteroatoms. The summed E-state index contributed by atoms with van der Waals surface area (Å²) in [5.41, 5.74) is 2.94. The van der Waals surface area contributed by atoms with Crippen molar-refractivity contribution in [1.82, 2.24) is 9.97 Å². The minimum Gasteiger partial charge on any atom is -0.378 e. The lowest BCUT2D eigenvalue weighted by Crippen LogP contribution is -2.09. The molecule has 0 aliphatic rings. The standard InChI is InChI=1S/C20H22F2N4/c1-26(2)15-11-9-14(10-12-15)6-5-13-23-19-16-7-3-4-8-17(16)24-20(25-19)18(21)22/h3-4,7-12,18H,5-6,13H2,1-2H3,(H,23,24,25). The number of hydrogen-bond acceptors (Lipinski definition) is 4. The highest BCUT2D eigenvalue weighted by molar-refractivity contribution is 5.88. The Balaban J connectivity index is 1.64. The first-order valence-corrected chi connectivity index (χ1v) is 8.59. The molecule has 3 rings (SSSR count). The Hall–Kier alpha value is -2.76. The van der Waals surface area contributed by atoms with Crippen LogP contribution in [0.25, 0.3) is 10.9 Å². The summed E-state index contributed by atoms with van der Waals surface area (Å²) >= 11 is 0. The number of alkyl halides is 2. The average molecular weight is 356 g/mol. The zero-order valence-corrected chi connectivity index (χ0v) is 14.9. The number of nitrogens with one attached hydrogen (secondary N) is 1. The molecule has 0 fully saturated rings. The van der Waals surface area contributed by atoms with Crippen LogP contribution in [0.3, 0.4) is 0 Å². The Kier molecular flexibility index (Phi) is 5.61. The van der Waals surface area contributed by atoms with Crippen LogP contribution < -0.4 is 10.2 Å². The lowest BCUT2D eigenvalue weighted by molar-refractivity contribution is 0.141. The van der Waals surface area contributed by atoms with Crippen LogP contribution >= 0.6 is 0 Å². The van der Waals surface area contributed by atoms with E-state index in [1.165, 1.54) is 11.3 Å². The molecule has 4 nitrogen and oxygen atoms in total. The van der Waals surface area contributed by atoms with Gasteiger partial charge in [-0.05, 0) is 42.7 Å². The third kappa shape index (κ3) is 4.25. The van der Waals surface area contributed by atoms with E-state index in [2.05, 4.69) is 44.5 Å². The average Bonchev–Trinajstić information content (AvgIpc) is 2.65.